The molecule has 27 heavy (non-hydrogen) atoms. The molecule has 0 aliphatic heterocycles. The number of nitrogens with zero attached hydrogens (tertiary/aromatic N) is 3. The molecular formula is C20H21Cl2N3OS. The zero-order valence-electron chi connectivity index (χ0n) is 15.3. The molecule has 0 saturated carbocycles. The lowest BCUT2D eigenvalue weighted by Gasteiger charge is -2.08. The Labute approximate surface area is 173 Å². The van der Waals surface area contributed by atoms with Gasteiger partial charge in [-0.05, 0) is 37.1 Å². The van der Waals surface area contributed by atoms with Crippen LogP contribution in [0.1, 0.15) is 23.4 Å². The number of halogens is 2. The predicted octanol–water partition coefficient (Wildman–Crippen LogP) is 5.73. The lowest BCUT2D eigenvalue weighted by atomic mass is 10.2. The van der Waals surface area contributed by atoms with Crippen LogP contribution in [-0.4, -0.2) is 21.4 Å². The minimum absolute atomic E-state index is 0.524. The number of ether oxygens (including phenoxy) is 1. The molecule has 1 heterocycles. The molecule has 0 unspecified atom stereocenters. The van der Waals surface area contributed by atoms with Crippen molar-refractivity contribution in [3.63, 3.8) is 0 Å². The molecule has 0 saturated heterocycles. The van der Waals surface area contributed by atoms with Crippen LogP contribution in [-0.2, 0) is 19.2 Å². The van der Waals surface area contributed by atoms with E-state index in [9.17, 15) is 0 Å². The largest absolute Gasteiger partial charge is 0.492 e. The number of thioether (sulfide) groups is 1. The summed E-state index contributed by atoms with van der Waals surface area (Å²) < 4.78 is 7.77. The normalized spacial score (nSPS) is 11.0. The topological polar surface area (TPSA) is 39.9 Å². The van der Waals surface area contributed by atoms with Gasteiger partial charge in [-0.25, -0.2) is 0 Å². The van der Waals surface area contributed by atoms with E-state index in [1.165, 1.54) is 11.1 Å². The molecule has 0 spiro atoms. The van der Waals surface area contributed by atoms with Crippen LogP contribution in [0.5, 0.6) is 5.75 Å². The molecule has 142 valence electrons. The Morgan fingerprint density at radius 2 is 1.85 bits per heavy atom. The average Bonchev–Trinajstić information content (AvgIpc) is 3.00. The standard InChI is InChI=1S/C20H21Cl2N3OS/c1-14-5-7-15(8-6-14)13-27-20-24-23-19(25(20)2)4-3-11-26-18-10-9-16(21)12-17(18)22/h5-10,12H,3-4,11,13H2,1-2H3. The minimum Gasteiger partial charge on any atom is -0.492 e. The van der Waals surface area contributed by atoms with Crippen molar-refractivity contribution in [2.45, 2.75) is 30.7 Å². The number of aryl methyl sites for hydroxylation is 2. The molecule has 3 aromatic rings. The van der Waals surface area contributed by atoms with Crippen LogP contribution in [0, 0.1) is 6.92 Å². The number of hydrogen-bond donors (Lipinski definition) is 0. The van der Waals surface area contributed by atoms with Crippen molar-refractivity contribution in [3.8, 4) is 5.75 Å². The maximum atomic E-state index is 6.11. The van der Waals surface area contributed by atoms with Crippen molar-refractivity contribution in [3.05, 3.63) is 69.5 Å². The molecule has 0 atom stereocenters. The van der Waals surface area contributed by atoms with E-state index in [0.29, 0.717) is 22.4 Å². The highest BCUT2D eigenvalue weighted by Gasteiger charge is 2.10. The Hall–Kier alpha value is -1.69. The SMILES string of the molecule is Cc1ccc(CSc2nnc(CCCOc3ccc(Cl)cc3Cl)n2C)cc1. The highest BCUT2D eigenvalue weighted by molar-refractivity contribution is 7.98. The van der Waals surface area contributed by atoms with Gasteiger partial charge in [0, 0.05) is 24.2 Å². The fourth-order valence-corrected chi connectivity index (χ4v) is 3.87. The Kier molecular flexibility index (Phi) is 7.05. The summed E-state index contributed by atoms with van der Waals surface area (Å²) >= 11 is 13.7. The summed E-state index contributed by atoms with van der Waals surface area (Å²) in [6.45, 7) is 2.65. The molecule has 0 N–H and O–H groups in total. The van der Waals surface area contributed by atoms with E-state index in [1.807, 2.05) is 11.6 Å². The maximum absolute atomic E-state index is 6.11. The summed E-state index contributed by atoms with van der Waals surface area (Å²) in [6.07, 6.45) is 1.62. The van der Waals surface area contributed by atoms with Crippen molar-refractivity contribution >= 4 is 35.0 Å². The van der Waals surface area contributed by atoms with Crippen molar-refractivity contribution in [2.24, 2.45) is 7.05 Å². The van der Waals surface area contributed by atoms with E-state index in [2.05, 4.69) is 41.4 Å². The summed E-state index contributed by atoms with van der Waals surface area (Å²) in [7, 11) is 2.00. The predicted molar refractivity (Wildman–Crippen MR) is 112 cm³/mol. The van der Waals surface area contributed by atoms with Gasteiger partial charge in [-0.1, -0.05) is 64.8 Å². The van der Waals surface area contributed by atoms with E-state index in [1.54, 1.807) is 30.0 Å². The zero-order valence-corrected chi connectivity index (χ0v) is 17.6. The van der Waals surface area contributed by atoms with Crippen LogP contribution in [0.15, 0.2) is 47.6 Å². The van der Waals surface area contributed by atoms with E-state index >= 15 is 0 Å². The van der Waals surface area contributed by atoms with Crippen LogP contribution in [0.25, 0.3) is 0 Å². The van der Waals surface area contributed by atoms with Crippen molar-refractivity contribution in [1.82, 2.24) is 14.8 Å². The average molecular weight is 422 g/mol. The summed E-state index contributed by atoms with van der Waals surface area (Å²) in [6, 6.07) is 13.8. The molecular weight excluding hydrogens is 401 g/mol. The first-order chi connectivity index (χ1) is 13.0. The number of rotatable bonds is 8. The lowest BCUT2D eigenvalue weighted by Crippen LogP contribution is -2.04. The van der Waals surface area contributed by atoms with Gasteiger partial charge in [0.15, 0.2) is 5.16 Å². The molecule has 0 radical (unpaired) electrons. The van der Waals surface area contributed by atoms with E-state index in [0.717, 1.165) is 29.6 Å². The summed E-state index contributed by atoms with van der Waals surface area (Å²) in [5.74, 6) is 2.48. The molecule has 4 nitrogen and oxygen atoms in total. The Morgan fingerprint density at radius 1 is 1.07 bits per heavy atom. The maximum Gasteiger partial charge on any atom is 0.191 e. The van der Waals surface area contributed by atoms with Crippen molar-refractivity contribution < 1.29 is 4.74 Å². The molecule has 2 aromatic carbocycles. The molecule has 0 bridgehead atoms. The minimum atomic E-state index is 0.524. The summed E-state index contributed by atoms with van der Waals surface area (Å²) in [5, 5.41) is 10.7. The van der Waals surface area contributed by atoms with Crippen molar-refractivity contribution in [2.75, 3.05) is 6.61 Å². The smallest absolute Gasteiger partial charge is 0.191 e. The van der Waals surface area contributed by atoms with E-state index in [4.69, 9.17) is 27.9 Å². The number of benzene rings is 2. The molecule has 0 aliphatic carbocycles. The first-order valence-corrected chi connectivity index (χ1v) is 10.4. The first-order valence-electron chi connectivity index (χ1n) is 8.67. The highest BCUT2D eigenvalue weighted by atomic mass is 35.5. The number of aromatic nitrogens is 3. The van der Waals surface area contributed by atoms with Gasteiger partial charge in [0.1, 0.15) is 11.6 Å². The number of hydrogen-bond acceptors (Lipinski definition) is 4. The Bertz CT molecular complexity index is 897. The Morgan fingerprint density at radius 3 is 2.59 bits per heavy atom. The Balaban J connectivity index is 1.47. The van der Waals surface area contributed by atoms with E-state index < -0.39 is 0 Å². The molecule has 0 fully saturated rings. The second-order valence-corrected chi connectivity index (χ2v) is 8.04. The van der Waals surface area contributed by atoms with Crippen LogP contribution < -0.4 is 4.74 Å². The fraction of sp³-hybridized carbons (Fsp3) is 0.300. The summed E-state index contributed by atoms with van der Waals surface area (Å²) in [5.41, 5.74) is 2.55. The fourth-order valence-electron chi connectivity index (χ4n) is 2.53. The molecule has 0 amide bonds. The quantitative estimate of drug-likeness (QED) is 0.343. The van der Waals surface area contributed by atoms with Crippen molar-refractivity contribution in [1.29, 1.82) is 0 Å². The molecule has 1 aromatic heterocycles. The van der Waals surface area contributed by atoms with Crippen LogP contribution in [0.4, 0.5) is 0 Å². The van der Waals surface area contributed by atoms with Gasteiger partial charge in [-0.3, -0.25) is 0 Å². The third kappa shape index (κ3) is 5.64. The van der Waals surface area contributed by atoms with Gasteiger partial charge >= 0.3 is 0 Å². The van der Waals surface area contributed by atoms with Crippen LogP contribution in [0.3, 0.4) is 0 Å². The lowest BCUT2D eigenvalue weighted by molar-refractivity contribution is 0.309. The van der Waals surface area contributed by atoms with E-state index in [-0.39, 0.29) is 0 Å². The van der Waals surface area contributed by atoms with Gasteiger partial charge in [0.05, 0.1) is 11.6 Å². The van der Waals surface area contributed by atoms with Gasteiger partial charge in [-0.15, -0.1) is 10.2 Å². The van der Waals surface area contributed by atoms with Gasteiger partial charge in [0.25, 0.3) is 0 Å². The highest BCUT2D eigenvalue weighted by Crippen LogP contribution is 2.27. The second kappa shape index (κ2) is 9.49. The monoisotopic (exact) mass is 421 g/mol. The van der Waals surface area contributed by atoms with Gasteiger partial charge in [0.2, 0.25) is 0 Å². The van der Waals surface area contributed by atoms with Gasteiger partial charge < -0.3 is 9.30 Å². The van der Waals surface area contributed by atoms with Crippen LogP contribution in [0.2, 0.25) is 10.0 Å². The molecule has 7 heteroatoms. The second-order valence-electron chi connectivity index (χ2n) is 6.26. The zero-order chi connectivity index (χ0) is 19.2. The first kappa shape index (κ1) is 20.1. The third-order valence-electron chi connectivity index (χ3n) is 4.11. The summed E-state index contributed by atoms with van der Waals surface area (Å²) in [4.78, 5) is 0. The van der Waals surface area contributed by atoms with Gasteiger partial charge in [-0.2, -0.15) is 0 Å². The van der Waals surface area contributed by atoms with Crippen LogP contribution >= 0.6 is 35.0 Å². The molecule has 3 rings (SSSR count). The molecule has 0 aliphatic rings. The third-order valence-corrected chi connectivity index (χ3v) is 5.73.